The van der Waals surface area contributed by atoms with Gasteiger partial charge in [-0.05, 0) is 29.8 Å². The molecule has 1 unspecified atom stereocenters. The lowest BCUT2D eigenvalue weighted by atomic mass is 10.1. The number of nitrogens with one attached hydrogen (secondary N) is 4. The lowest BCUT2D eigenvalue weighted by molar-refractivity contribution is -0.139. The highest BCUT2D eigenvalue weighted by molar-refractivity contribution is 5.98. The molecule has 12 heteroatoms. The van der Waals surface area contributed by atoms with Crippen molar-refractivity contribution in [3.8, 4) is 11.4 Å². The molecule has 2 aromatic heterocycles. The van der Waals surface area contributed by atoms with Gasteiger partial charge < -0.3 is 36.5 Å². The maximum Gasteiger partial charge on any atom is 0.315 e. The minimum atomic E-state index is -1.19. The number of nitrogens with two attached hydrogens (primary N) is 1. The molecule has 0 fully saturated rings. The monoisotopic (exact) mass is 468 g/mol. The molecule has 0 saturated carbocycles. The summed E-state index contributed by atoms with van der Waals surface area (Å²) in [6, 6.07) is 8.84. The molecule has 8 N–H and O–H groups in total. The van der Waals surface area contributed by atoms with Crippen LogP contribution in [0.4, 0.5) is 14.9 Å². The zero-order chi connectivity index (χ0) is 24.4. The summed E-state index contributed by atoms with van der Waals surface area (Å²) in [5.74, 6) is -1.56. The van der Waals surface area contributed by atoms with Gasteiger partial charge in [0.1, 0.15) is 17.2 Å². The smallest absolute Gasteiger partial charge is 0.315 e. The minimum Gasteiger partial charge on any atom is -0.481 e. The number of nitrogen functional groups attached to an aromatic ring is 1. The number of H-pyrrole nitrogens is 2. The van der Waals surface area contributed by atoms with Gasteiger partial charge in [-0.3, -0.25) is 9.59 Å². The molecule has 2 amide bonds. The molecule has 0 spiro atoms. The highest BCUT2D eigenvalue weighted by Crippen LogP contribution is 2.29. The number of anilines is 1. The number of aliphatic hydroxyl groups excluding tert-OH is 1. The van der Waals surface area contributed by atoms with Gasteiger partial charge in [-0.1, -0.05) is 12.1 Å². The number of nitrogens with zero attached hydrogens (tertiary/aromatic N) is 1. The van der Waals surface area contributed by atoms with E-state index in [0.29, 0.717) is 16.6 Å². The summed E-state index contributed by atoms with van der Waals surface area (Å²) in [5, 5.41) is 23.2. The molecule has 4 aromatic rings. The van der Waals surface area contributed by atoms with Crippen LogP contribution in [0.2, 0.25) is 0 Å². The number of carbonyl (C=O) groups is 2. The number of hydrogen-bond donors (Lipinski definition) is 7. The largest absolute Gasteiger partial charge is 0.481 e. The fourth-order valence-corrected chi connectivity index (χ4v) is 3.58. The van der Waals surface area contributed by atoms with Crippen LogP contribution in [0.3, 0.4) is 0 Å². The van der Waals surface area contributed by atoms with E-state index >= 15 is 0 Å². The number of benzene rings is 2. The normalized spacial score (nSPS) is 12.1. The second kappa shape index (κ2) is 9.19. The lowest BCUT2D eigenvalue weighted by Crippen LogP contribution is -2.39. The van der Waals surface area contributed by atoms with Crippen LogP contribution in [0.15, 0.2) is 41.2 Å². The maximum atomic E-state index is 14.3. The Hall–Kier alpha value is -4.45. The average molecular weight is 468 g/mol. The fourth-order valence-electron chi connectivity index (χ4n) is 3.58. The van der Waals surface area contributed by atoms with E-state index < -0.39 is 35.9 Å². The van der Waals surface area contributed by atoms with Crippen molar-refractivity contribution in [3.63, 3.8) is 0 Å². The summed E-state index contributed by atoms with van der Waals surface area (Å²) in [6.45, 7) is -0.0710. The molecule has 0 radical (unpaired) electrons. The number of fused-ring (bicyclic) bond motifs is 2. The number of aliphatic hydroxyl groups is 1. The van der Waals surface area contributed by atoms with Crippen molar-refractivity contribution in [2.75, 3.05) is 12.3 Å². The number of pyridine rings is 1. The van der Waals surface area contributed by atoms with Crippen molar-refractivity contribution in [2.45, 2.75) is 19.1 Å². The standard InChI is InChI=1S/C22H21FN6O5/c23-12-2-1-3-14-17(12)19(24)18(21(33)29-14)20-27-13-5-4-10(6-15(13)28-20)8-25-22(34)26-9-11(30)7-16(31)32/h1-6,11,30H,7-9H2,(H,27,28)(H,31,32)(H3,24,29,33)(H2,25,26,34). The van der Waals surface area contributed by atoms with Gasteiger partial charge in [-0.25, -0.2) is 14.2 Å². The van der Waals surface area contributed by atoms with Crippen LogP contribution in [0, 0.1) is 5.82 Å². The number of imidazole rings is 1. The van der Waals surface area contributed by atoms with Crippen LogP contribution in [0.25, 0.3) is 33.3 Å². The van der Waals surface area contributed by atoms with Crippen molar-refractivity contribution in [1.29, 1.82) is 0 Å². The van der Waals surface area contributed by atoms with Crippen LogP contribution < -0.4 is 21.9 Å². The van der Waals surface area contributed by atoms with Crippen LogP contribution in [0.1, 0.15) is 12.0 Å². The van der Waals surface area contributed by atoms with Crippen molar-refractivity contribution < 1.29 is 24.2 Å². The van der Waals surface area contributed by atoms with E-state index in [1.165, 1.54) is 12.1 Å². The van der Waals surface area contributed by atoms with Gasteiger partial charge in [0.25, 0.3) is 5.56 Å². The third-order valence-corrected chi connectivity index (χ3v) is 5.17. The van der Waals surface area contributed by atoms with Crippen molar-refractivity contribution >= 4 is 39.6 Å². The molecular weight excluding hydrogens is 447 g/mol. The number of amides is 2. The molecule has 0 aliphatic heterocycles. The van der Waals surface area contributed by atoms with Gasteiger partial charge in [0, 0.05) is 13.1 Å². The molecule has 2 heterocycles. The number of aliphatic carboxylic acids is 1. The number of carboxylic acids is 1. The number of halogens is 1. The number of carboxylic acid groups (broad SMARTS) is 1. The molecule has 11 nitrogen and oxygen atoms in total. The Morgan fingerprint density at radius 3 is 2.71 bits per heavy atom. The van der Waals surface area contributed by atoms with Crippen LogP contribution in [0.5, 0.6) is 0 Å². The topological polar surface area (TPSA) is 186 Å². The van der Waals surface area contributed by atoms with E-state index in [4.69, 9.17) is 10.8 Å². The number of carbonyl (C=O) groups excluding carboxylic acids is 1. The lowest BCUT2D eigenvalue weighted by Gasteiger charge is -2.11. The van der Waals surface area contributed by atoms with E-state index in [1.807, 2.05) is 0 Å². The molecule has 0 bridgehead atoms. The highest BCUT2D eigenvalue weighted by atomic mass is 19.1. The van der Waals surface area contributed by atoms with Gasteiger partial charge in [0.2, 0.25) is 0 Å². The third-order valence-electron chi connectivity index (χ3n) is 5.17. The Kier molecular flexibility index (Phi) is 6.15. The van der Waals surface area contributed by atoms with Gasteiger partial charge in [-0.15, -0.1) is 0 Å². The fraction of sp³-hybridized carbons (Fsp3) is 0.182. The van der Waals surface area contributed by atoms with E-state index in [0.717, 1.165) is 0 Å². The highest BCUT2D eigenvalue weighted by Gasteiger charge is 2.18. The zero-order valence-corrected chi connectivity index (χ0v) is 17.7. The number of urea groups is 1. The first-order valence-corrected chi connectivity index (χ1v) is 10.2. The molecular formula is C22H21FN6O5. The van der Waals surface area contributed by atoms with E-state index in [9.17, 15) is 23.9 Å². The van der Waals surface area contributed by atoms with Crippen molar-refractivity contribution in [3.05, 3.63) is 58.1 Å². The first-order chi connectivity index (χ1) is 16.2. The molecule has 176 valence electrons. The van der Waals surface area contributed by atoms with E-state index in [2.05, 4.69) is 25.6 Å². The first kappa shape index (κ1) is 22.7. The third kappa shape index (κ3) is 4.66. The molecule has 2 aromatic carbocycles. The summed E-state index contributed by atoms with van der Waals surface area (Å²) in [5.41, 5.74) is 7.70. The summed E-state index contributed by atoms with van der Waals surface area (Å²) in [4.78, 5) is 45.1. The summed E-state index contributed by atoms with van der Waals surface area (Å²) < 4.78 is 14.3. The summed E-state index contributed by atoms with van der Waals surface area (Å²) >= 11 is 0. The number of rotatable bonds is 7. The Labute approximate surface area is 190 Å². The molecule has 1 atom stereocenters. The Morgan fingerprint density at radius 2 is 1.94 bits per heavy atom. The number of hydrogen-bond acceptors (Lipinski definition) is 6. The van der Waals surface area contributed by atoms with E-state index in [-0.39, 0.29) is 41.1 Å². The van der Waals surface area contributed by atoms with Crippen molar-refractivity contribution in [2.24, 2.45) is 0 Å². The van der Waals surface area contributed by atoms with Gasteiger partial charge in [-0.2, -0.15) is 0 Å². The number of aromatic nitrogens is 3. The number of aromatic amines is 2. The second-order valence-electron chi connectivity index (χ2n) is 7.66. The van der Waals surface area contributed by atoms with Crippen LogP contribution >= 0.6 is 0 Å². The summed E-state index contributed by atoms with van der Waals surface area (Å²) in [7, 11) is 0. The van der Waals surface area contributed by atoms with Gasteiger partial charge >= 0.3 is 12.0 Å². The first-order valence-electron chi connectivity index (χ1n) is 10.2. The van der Waals surface area contributed by atoms with Gasteiger partial charge in [0.05, 0.1) is 40.1 Å². The molecule has 0 aliphatic carbocycles. The van der Waals surface area contributed by atoms with Crippen molar-refractivity contribution in [1.82, 2.24) is 25.6 Å². The Morgan fingerprint density at radius 1 is 1.15 bits per heavy atom. The molecule has 34 heavy (non-hydrogen) atoms. The molecule has 0 saturated heterocycles. The van der Waals surface area contributed by atoms with Crippen LogP contribution in [-0.4, -0.2) is 49.8 Å². The Bertz CT molecular complexity index is 1460. The quantitative estimate of drug-likeness (QED) is 0.214. The second-order valence-corrected chi connectivity index (χ2v) is 7.66. The maximum absolute atomic E-state index is 14.3. The molecule has 0 aliphatic rings. The summed E-state index contributed by atoms with van der Waals surface area (Å²) in [6.07, 6.45) is -1.67. The molecule has 4 rings (SSSR count). The Balaban J connectivity index is 1.52. The zero-order valence-electron chi connectivity index (χ0n) is 17.7. The van der Waals surface area contributed by atoms with Crippen LogP contribution in [-0.2, 0) is 11.3 Å². The SMILES string of the molecule is Nc1c(-c2nc3ccc(CNC(=O)NCC(O)CC(=O)O)cc3[nH]2)c(=O)[nH]c2cccc(F)c12. The predicted molar refractivity (Wildman–Crippen MR) is 123 cm³/mol. The average Bonchev–Trinajstić information content (AvgIpc) is 3.18. The predicted octanol–water partition coefficient (Wildman–Crippen LogP) is 1.43. The van der Waals surface area contributed by atoms with E-state index in [1.54, 1.807) is 24.3 Å². The van der Waals surface area contributed by atoms with Gasteiger partial charge in [0.15, 0.2) is 0 Å². The minimum absolute atomic E-state index is 0.0211.